The highest BCUT2D eigenvalue weighted by atomic mass is 32.1. The van der Waals surface area contributed by atoms with Gasteiger partial charge in [-0.3, -0.25) is 5.43 Å². The molecule has 0 spiro atoms. The van der Waals surface area contributed by atoms with Gasteiger partial charge < -0.3 is 5.11 Å². The number of aryl methyl sites for hydroxylation is 1. The Hall–Kier alpha value is -2.14. The summed E-state index contributed by atoms with van der Waals surface area (Å²) in [5, 5.41) is 14.9. The molecule has 0 saturated heterocycles. The minimum absolute atomic E-state index is 0.263. The third-order valence-corrected chi connectivity index (χ3v) is 3.36. The van der Waals surface area contributed by atoms with Crippen molar-refractivity contribution in [3.05, 3.63) is 51.7 Å². The van der Waals surface area contributed by atoms with Crippen LogP contribution in [0.5, 0.6) is 0 Å². The van der Waals surface area contributed by atoms with Crippen molar-refractivity contribution in [1.82, 2.24) is 0 Å². The summed E-state index contributed by atoms with van der Waals surface area (Å²) < 4.78 is 0. The monoisotopic (exact) mass is 260 g/mol. The number of rotatable bonds is 4. The Bertz CT molecular complexity index is 573. The number of thiophene rings is 1. The second kappa shape index (κ2) is 5.46. The molecule has 0 saturated carbocycles. The van der Waals surface area contributed by atoms with Crippen molar-refractivity contribution in [2.75, 3.05) is 5.43 Å². The number of carboxylic acid groups (broad SMARTS) is 1. The van der Waals surface area contributed by atoms with Gasteiger partial charge in [-0.15, -0.1) is 11.3 Å². The van der Waals surface area contributed by atoms with E-state index in [1.54, 1.807) is 29.7 Å². The third-order valence-electron chi connectivity index (χ3n) is 2.41. The summed E-state index contributed by atoms with van der Waals surface area (Å²) in [5.74, 6) is -0.931. The fraction of sp³-hybridized carbons (Fsp3) is 0.0769. The molecule has 4 nitrogen and oxygen atoms in total. The molecule has 0 fully saturated rings. The van der Waals surface area contributed by atoms with Gasteiger partial charge in [0.15, 0.2) is 0 Å². The molecule has 1 heterocycles. The van der Waals surface area contributed by atoms with Gasteiger partial charge >= 0.3 is 5.97 Å². The first-order chi connectivity index (χ1) is 8.66. The number of aromatic carboxylic acids is 1. The van der Waals surface area contributed by atoms with E-state index >= 15 is 0 Å². The molecular formula is C13H12N2O2S. The summed E-state index contributed by atoms with van der Waals surface area (Å²) in [4.78, 5) is 11.8. The van der Waals surface area contributed by atoms with Gasteiger partial charge in [-0.25, -0.2) is 4.79 Å². The number of hydrogen-bond acceptors (Lipinski definition) is 4. The standard InChI is InChI=1S/C13H12N2O2S/c1-9-6-7-18-12(9)8-14-15-11-4-2-10(3-5-11)13(16)17/h2-8,15H,1H3,(H,16,17)/b14-8+. The highest BCUT2D eigenvalue weighted by Gasteiger charge is 2.00. The van der Waals surface area contributed by atoms with Gasteiger partial charge in [-0.1, -0.05) is 0 Å². The van der Waals surface area contributed by atoms with E-state index in [2.05, 4.69) is 10.5 Å². The van der Waals surface area contributed by atoms with Crippen LogP contribution in [0.3, 0.4) is 0 Å². The van der Waals surface area contributed by atoms with Crippen molar-refractivity contribution in [3.8, 4) is 0 Å². The van der Waals surface area contributed by atoms with Crippen LogP contribution in [0.1, 0.15) is 20.8 Å². The highest BCUT2D eigenvalue weighted by molar-refractivity contribution is 7.11. The smallest absolute Gasteiger partial charge is 0.335 e. The lowest BCUT2D eigenvalue weighted by molar-refractivity contribution is 0.0697. The van der Waals surface area contributed by atoms with Gasteiger partial charge in [-0.2, -0.15) is 5.10 Å². The van der Waals surface area contributed by atoms with Crippen LogP contribution in [0.15, 0.2) is 40.8 Å². The zero-order valence-corrected chi connectivity index (χ0v) is 10.6. The van der Waals surface area contributed by atoms with Crippen LogP contribution in [-0.2, 0) is 0 Å². The molecule has 0 unspecified atom stereocenters. The molecule has 0 aliphatic heterocycles. The zero-order valence-electron chi connectivity index (χ0n) is 9.75. The van der Waals surface area contributed by atoms with Crippen LogP contribution in [0, 0.1) is 6.92 Å². The van der Waals surface area contributed by atoms with Crippen LogP contribution in [0.25, 0.3) is 0 Å². The van der Waals surface area contributed by atoms with E-state index in [0.717, 1.165) is 10.6 Å². The van der Waals surface area contributed by atoms with Gasteiger partial charge in [0.25, 0.3) is 0 Å². The lowest BCUT2D eigenvalue weighted by Crippen LogP contribution is -1.96. The van der Waals surface area contributed by atoms with Crippen LogP contribution in [0.2, 0.25) is 0 Å². The van der Waals surface area contributed by atoms with Gasteiger partial charge in [0.1, 0.15) is 0 Å². The van der Waals surface area contributed by atoms with Crippen molar-refractivity contribution in [2.45, 2.75) is 6.92 Å². The van der Waals surface area contributed by atoms with Crippen molar-refractivity contribution < 1.29 is 9.90 Å². The zero-order chi connectivity index (χ0) is 13.0. The molecule has 0 aliphatic carbocycles. The number of nitrogens with zero attached hydrogens (tertiary/aromatic N) is 1. The molecule has 2 rings (SSSR count). The average Bonchev–Trinajstić information content (AvgIpc) is 2.76. The Morgan fingerprint density at radius 1 is 1.33 bits per heavy atom. The molecule has 1 aromatic heterocycles. The Balaban J connectivity index is 2.00. The predicted molar refractivity (Wildman–Crippen MR) is 73.7 cm³/mol. The quantitative estimate of drug-likeness (QED) is 0.655. The van der Waals surface area contributed by atoms with E-state index in [-0.39, 0.29) is 5.56 Å². The van der Waals surface area contributed by atoms with Crippen molar-refractivity contribution in [1.29, 1.82) is 0 Å². The van der Waals surface area contributed by atoms with Gasteiger partial charge in [0.2, 0.25) is 0 Å². The fourth-order valence-electron chi connectivity index (χ4n) is 1.37. The Morgan fingerprint density at radius 2 is 2.06 bits per heavy atom. The summed E-state index contributed by atoms with van der Waals surface area (Å²) in [6.45, 7) is 2.03. The molecule has 2 aromatic rings. The maximum absolute atomic E-state index is 10.7. The predicted octanol–water partition coefficient (Wildman–Crippen LogP) is 3.20. The molecule has 18 heavy (non-hydrogen) atoms. The van der Waals surface area contributed by atoms with E-state index in [1.165, 1.54) is 17.7 Å². The fourth-order valence-corrected chi connectivity index (χ4v) is 2.16. The molecule has 0 atom stereocenters. The summed E-state index contributed by atoms with van der Waals surface area (Å²) in [7, 11) is 0. The van der Waals surface area contributed by atoms with Crippen molar-refractivity contribution in [3.63, 3.8) is 0 Å². The molecule has 0 radical (unpaired) electrons. The maximum atomic E-state index is 10.7. The van der Waals surface area contributed by atoms with Crippen LogP contribution in [0.4, 0.5) is 5.69 Å². The third kappa shape index (κ3) is 2.95. The minimum atomic E-state index is -0.931. The molecule has 5 heteroatoms. The normalized spacial score (nSPS) is 10.7. The summed E-state index contributed by atoms with van der Waals surface area (Å²) in [6, 6.07) is 8.48. The van der Waals surface area contributed by atoms with Crippen molar-refractivity contribution in [2.24, 2.45) is 5.10 Å². The van der Waals surface area contributed by atoms with Gasteiger partial charge in [0, 0.05) is 4.88 Å². The first kappa shape index (κ1) is 12.3. The molecule has 2 N–H and O–H groups in total. The lowest BCUT2D eigenvalue weighted by Gasteiger charge is -2.00. The number of nitrogens with one attached hydrogen (secondary N) is 1. The maximum Gasteiger partial charge on any atom is 0.335 e. The molecule has 1 aromatic carbocycles. The van der Waals surface area contributed by atoms with E-state index in [1.807, 2.05) is 18.4 Å². The first-order valence-electron chi connectivity index (χ1n) is 5.33. The lowest BCUT2D eigenvalue weighted by atomic mass is 10.2. The SMILES string of the molecule is Cc1ccsc1/C=N/Nc1ccc(C(=O)O)cc1. The minimum Gasteiger partial charge on any atom is -0.478 e. The van der Waals surface area contributed by atoms with Crippen LogP contribution >= 0.6 is 11.3 Å². The number of carbonyl (C=O) groups is 1. The van der Waals surface area contributed by atoms with Crippen LogP contribution < -0.4 is 5.43 Å². The summed E-state index contributed by atoms with van der Waals surface area (Å²) >= 11 is 1.62. The van der Waals surface area contributed by atoms with E-state index in [9.17, 15) is 4.79 Å². The number of carboxylic acids is 1. The number of anilines is 1. The Labute approximate surface area is 109 Å². The Morgan fingerprint density at radius 3 is 2.61 bits per heavy atom. The van der Waals surface area contributed by atoms with E-state index < -0.39 is 5.97 Å². The second-order valence-corrected chi connectivity index (χ2v) is 4.67. The van der Waals surface area contributed by atoms with Crippen molar-refractivity contribution >= 4 is 29.2 Å². The highest BCUT2D eigenvalue weighted by Crippen LogP contribution is 2.13. The summed E-state index contributed by atoms with van der Waals surface area (Å²) in [6.07, 6.45) is 1.76. The van der Waals surface area contributed by atoms with Crippen LogP contribution in [-0.4, -0.2) is 17.3 Å². The molecule has 0 amide bonds. The second-order valence-electron chi connectivity index (χ2n) is 3.72. The molecule has 92 valence electrons. The van der Waals surface area contributed by atoms with Gasteiger partial charge in [0.05, 0.1) is 17.5 Å². The van der Waals surface area contributed by atoms with E-state index in [4.69, 9.17) is 5.11 Å². The number of hydrogen-bond donors (Lipinski definition) is 2. The number of hydrazone groups is 1. The summed E-state index contributed by atoms with van der Waals surface area (Å²) in [5.41, 5.74) is 5.06. The number of benzene rings is 1. The first-order valence-corrected chi connectivity index (χ1v) is 6.21. The van der Waals surface area contributed by atoms with E-state index in [0.29, 0.717) is 0 Å². The molecular weight excluding hydrogens is 248 g/mol. The molecule has 0 bridgehead atoms. The Kier molecular flexibility index (Phi) is 3.74. The largest absolute Gasteiger partial charge is 0.478 e. The topological polar surface area (TPSA) is 61.7 Å². The van der Waals surface area contributed by atoms with Gasteiger partial charge in [-0.05, 0) is 48.2 Å². The average molecular weight is 260 g/mol. The molecule has 0 aliphatic rings.